The van der Waals surface area contributed by atoms with Crippen molar-refractivity contribution in [1.82, 2.24) is 4.90 Å². The number of methoxy groups -OCH3 is 1. The summed E-state index contributed by atoms with van der Waals surface area (Å²) in [5, 5.41) is 0. The minimum atomic E-state index is -0.196. The van der Waals surface area contributed by atoms with Crippen LogP contribution in [0, 0.1) is 5.41 Å². The van der Waals surface area contributed by atoms with Crippen LogP contribution < -0.4 is 0 Å². The van der Waals surface area contributed by atoms with Crippen molar-refractivity contribution in [1.29, 1.82) is 0 Å². The lowest BCUT2D eigenvalue weighted by molar-refractivity contribution is -0.132. The van der Waals surface area contributed by atoms with E-state index in [0.29, 0.717) is 6.54 Å². The van der Waals surface area contributed by atoms with Crippen molar-refractivity contribution in [2.24, 2.45) is 5.41 Å². The van der Waals surface area contributed by atoms with E-state index < -0.39 is 0 Å². The van der Waals surface area contributed by atoms with Crippen molar-refractivity contribution in [2.45, 2.75) is 52.7 Å². The van der Waals surface area contributed by atoms with Crippen molar-refractivity contribution in [3.63, 3.8) is 0 Å². The second-order valence-electron chi connectivity index (χ2n) is 5.65. The standard InChI is InChI=1S/C12H23NO2/c1-9-7-12(15-6,11(3,4)5)8-13(9)10(2)14/h9H,7-8H2,1-6H3/t9-,12?/m1/s1. The molecule has 0 radical (unpaired) electrons. The predicted octanol–water partition coefficient (Wildman–Crippen LogP) is 2.06. The fraction of sp³-hybridized carbons (Fsp3) is 0.917. The smallest absolute Gasteiger partial charge is 0.219 e. The quantitative estimate of drug-likeness (QED) is 0.667. The Balaban J connectivity index is 2.94. The molecule has 15 heavy (non-hydrogen) atoms. The summed E-state index contributed by atoms with van der Waals surface area (Å²) in [5.74, 6) is 0.144. The highest BCUT2D eigenvalue weighted by Gasteiger charge is 2.50. The zero-order valence-corrected chi connectivity index (χ0v) is 10.8. The van der Waals surface area contributed by atoms with E-state index in [0.717, 1.165) is 6.42 Å². The van der Waals surface area contributed by atoms with E-state index in [4.69, 9.17) is 4.74 Å². The number of likely N-dealkylation sites (tertiary alicyclic amines) is 1. The Morgan fingerprint density at radius 2 is 2.00 bits per heavy atom. The molecule has 0 spiro atoms. The Hall–Kier alpha value is -0.570. The Morgan fingerprint density at radius 3 is 2.20 bits per heavy atom. The molecule has 1 amide bonds. The highest BCUT2D eigenvalue weighted by molar-refractivity contribution is 5.74. The van der Waals surface area contributed by atoms with Gasteiger partial charge in [-0.05, 0) is 18.8 Å². The summed E-state index contributed by atoms with van der Waals surface area (Å²) in [4.78, 5) is 13.4. The van der Waals surface area contributed by atoms with Gasteiger partial charge in [0.25, 0.3) is 0 Å². The third-order valence-electron chi connectivity index (χ3n) is 3.75. The van der Waals surface area contributed by atoms with Crippen LogP contribution in [0.4, 0.5) is 0 Å². The van der Waals surface area contributed by atoms with Gasteiger partial charge >= 0.3 is 0 Å². The van der Waals surface area contributed by atoms with Crippen molar-refractivity contribution in [3.8, 4) is 0 Å². The second-order valence-corrected chi connectivity index (χ2v) is 5.65. The average Bonchev–Trinajstić information content (AvgIpc) is 2.42. The van der Waals surface area contributed by atoms with Crippen LogP contribution in [0.15, 0.2) is 0 Å². The Morgan fingerprint density at radius 1 is 1.47 bits per heavy atom. The minimum Gasteiger partial charge on any atom is -0.376 e. The fourth-order valence-corrected chi connectivity index (χ4v) is 2.50. The predicted molar refractivity (Wildman–Crippen MR) is 60.7 cm³/mol. The molecule has 88 valence electrons. The van der Waals surface area contributed by atoms with Crippen LogP contribution in [0.2, 0.25) is 0 Å². The van der Waals surface area contributed by atoms with E-state index in [1.165, 1.54) is 0 Å². The minimum absolute atomic E-state index is 0.0558. The Labute approximate surface area is 92.8 Å². The van der Waals surface area contributed by atoms with E-state index >= 15 is 0 Å². The van der Waals surface area contributed by atoms with Crippen molar-refractivity contribution < 1.29 is 9.53 Å². The van der Waals surface area contributed by atoms with Gasteiger partial charge in [-0.3, -0.25) is 4.79 Å². The zero-order chi connectivity index (χ0) is 11.9. The lowest BCUT2D eigenvalue weighted by atomic mass is 9.75. The summed E-state index contributed by atoms with van der Waals surface area (Å²) in [6.45, 7) is 11.0. The summed E-state index contributed by atoms with van der Waals surface area (Å²) in [6, 6.07) is 0.279. The molecular weight excluding hydrogens is 190 g/mol. The largest absolute Gasteiger partial charge is 0.376 e. The van der Waals surface area contributed by atoms with Gasteiger partial charge in [-0.25, -0.2) is 0 Å². The van der Waals surface area contributed by atoms with Gasteiger partial charge in [0.1, 0.15) is 0 Å². The van der Waals surface area contributed by atoms with E-state index in [9.17, 15) is 4.79 Å². The maximum Gasteiger partial charge on any atom is 0.219 e. The molecule has 0 aromatic heterocycles. The van der Waals surface area contributed by atoms with E-state index in [2.05, 4.69) is 27.7 Å². The Bertz CT molecular complexity index is 257. The van der Waals surface area contributed by atoms with Gasteiger partial charge in [0.15, 0.2) is 0 Å². The van der Waals surface area contributed by atoms with Crippen LogP contribution in [0.3, 0.4) is 0 Å². The highest BCUT2D eigenvalue weighted by Crippen LogP contribution is 2.43. The SMILES string of the molecule is COC1(C(C)(C)C)C[C@@H](C)N(C(C)=O)C1. The number of carbonyl (C=O) groups excluding carboxylic acids is 1. The number of rotatable bonds is 1. The van der Waals surface area contributed by atoms with Gasteiger partial charge in [0, 0.05) is 20.1 Å². The normalized spacial score (nSPS) is 32.1. The number of hydrogen-bond donors (Lipinski definition) is 0. The van der Waals surface area contributed by atoms with Gasteiger partial charge in [-0.2, -0.15) is 0 Å². The fourth-order valence-electron chi connectivity index (χ4n) is 2.50. The van der Waals surface area contributed by atoms with Gasteiger partial charge in [0.2, 0.25) is 5.91 Å². The number of carbonyl (C=O) groups is 1. The van der Waals surface area contributed by atoms with Gasteiger partial charge in [-0.1, -0.05) is 20.8 Å². The maximum absolute atomic E-state index is 11.5. The molecule has 1 fully saturated rings. The molecule has 0 aromatic carbocycles. The highest BCUT2D eigenvalue weighted by atomic mass is 16.5. The summed E-state index contributed by atoms with van der Waals surface area (Å²) >= 11 is 0. The molecule has 1 unspecified atom stereocenters. The number of nitrogens with zero attached hydrogens (tertiary/aromatic N) is 1. The van der Waals surface area contributed by atoms with Crippen LogP contribution in [0.5, 0.6) is 0 Å². The molecule has 1 heterocycles. The Kier molecular flexibility index (Phi) is 3.15. The molecule has 1 aliphatic rings. The van der Waals surface area contributed by atoms with Crippen LogP contribution in [0.25, 0.3) is 0 Å². The molecule has 2 atom stereocenters. The molecule has 1 rings (SSSR count). The topological polar surface area (TPSA) is 29.5 Å². The lowest BCUT2D eigenvalue weighted by Gasteiger charge is -2.40. The monoisotopic (exact) mass is 213 g/mol. The number of amides is 1. The van der Waals surface area contributed by atoms with E-state index in [1.54, 1.807) is 14.0 Å². The summed E-state index contributed by atoms with van der Waals surface area (Å²) < 4.78 is 5.72. The molecule has 0 bridgehead atoms. The molecule has 0 N–H and O–H groups in total. The second kappa shape index (κ2) is 3.78. The molecule has 0 aromatic rings. The molecule has 0 saturated carbocycles. The third-order valence-corrected chi connectivity index (χ3v) is 3.75. The van der Waals surface area contributed by atoms with Crippen molar-refractivity contribution in [2.75, 3.05) is 13.7 Å². The number of hydrogen-bond acceptors (Lipinski definition) is 2. The van der Waals surface area contributed by atoms with Crippen LogP contribution in [-0.4, -0.2) is 36.1 Å². The van der Waals surface area contributed by atoms with Crippen LogP contribution >= 0.6 is 0 Å². The van der Waals surface area contributed by atoms with Gasteiger partial charge < -0.3 is 9.64 Å². The van der Waals surface area contributed by atoms with Crippen molar-refractivity contribution >= 4 is 5.91 Å². The molecule has 1 aliphatic heterocycles. The molecule has 3 nitrogen and oxygen atoms in total. The first-order valence-electron chi connectivity index (χ1n) is 5.56. The van der Waals surface area contributed by atoms with Gasteiger partial charge in [-0.15, -0.1) is 0 Å². The maximum atomic E-state index is 11.5. The first-order valence-corrected chi connectivity index (χ1v) is 5.56. The van der Waals surface area contributed by atoms with Crippen LogP contribution in [-0.2, 0) is 9.53 Å². The molecule has 0 aliphatic carbocycles. The first kappa shape index (κ1) is 12.5. The van der Waals surface area contributed by atoms with E-state index in [1.807, 2.05) is 4.90 Å². The summed E-state index contributed by atoms with van der Waals surface area (Å²) in [5.41, 5.74) is -0.141. The first-order chi connectivity index (χ1) is 6.73. The molecule has 1 saturated heterocycles. The molecular formula is C12H23NO2. The average molecular weight is 213 g/mol. The van der Waals surface area contributed by atoms with Gasteiger partial charge in [0.05, 0.1) is 12.1 Å². The van der Waals surface area contributed by atoms with E-state index in [-0.39, 0.29) is 23.0 Å². The van der Waals surface area contributed by atoms with Crippen molar-refractivity contribution in [3.05, 3.63) is 0 Å². The summed E-state index contributed by atoms with van der Waals surface area (Å²) in [7, 11) is 1.75. The third kappa shape index (κ3) is 2.03. The zero-order valence-electron chi connectivity index (χ0n) is 10.8. The van der Waals surface area contributed by atoms with Crippen LogP contribution in [0.1, 0.15) is 41.0 Å². The molecule has 3 heteroatoms. The number of ether oxygens (including phenoxy) is 1. The summed E-state index contributed by atoms with van der Waals surface area (Å²) in [6.07, 6.45) is 0.923. The lowest BCUT2D eigenvalue weighted by Crippen LogP contribution is -2.47.